The lowest BCUT2D eigenvalue weighted by molar-refractivity contribution is -0.126. The molecule has 0 saturated heterocycles. The van der Waals surface area contributed by atoms with E-state index in [1.54, 1.807) is 23.1 Å². The van der Waals surface area contributed by atoms with Crippen LogP contribution in [0.1, 0.15) is 65.4 Å². The Morgan fingerprint density at radius 1 is 1.19 bits per heavy atom. The molecule has 0 unspecified atom stereocenters. The van der Waals surface area contributed by atoms with E-state index in [0.29, 0.717) is 13.0 Å². The monoisotopic (exact) mass is 449 g/mol. The molecule has 2 N–H and O–H groups in total. The van der Waals surface area contributed by atoms with Crippen molar-refractivity contribution in [3.05, 3.63) is 23.8 Å². The van der Waals surface area contributed by atoms with Gasteiger partial charge >= 0.3 is 0 Å². The van der Waals surface area contributed by atoms with Crippen LogP contribution in [0.3, 0.4) is 0 Å². The van der Waals surface area contributed by atoms with Gasteiger partial charge in [0, 0.05) is 37.2 Å². The number of fused-ring (bicyclic) bond motifs is 1. The standard InChI is InChI=1S/C23H35N3O4S/c1-5-15(2)25-23(28)19-8-6-18(7-9-19)14-24-31(29,30)21-10-11-22-20(13-21)12-16(3)26(22)17(4)27/h10-11,13,15-16,18-19,24H,5-9,12,14H2,1-4H3,(H,25,28)/t15-,16+,18?,19?/m0/s1. The Labute approximate surface area is 186 Å². The number of hydrogen-bond acceptors (Lipinski definition) is 4. The van der Waals surface area contributed by atoms with Gasteiger partial charge in [0.05, 0.1) is 4.90 Å². The minimum absolute atomic E-state index is 0.0322. The largest absolute Gasteiger partial charge is 0.353 e. The molecule has 1 aromatic carbocycles. The Morgan fingerprint density at radius 3 is 2.48 bits per heavy atom. The molecule has 2 amide bonds. The van der Waals surface area contributed by atoms with Gasteiger partial charge in [0.15, 0.2) is 0 Å². The molecule has 2 atom stereocenters. The average Bonchev–Trinajstić information content (AvgIpc) is 3.07. The summed E-state index contributed by atoms with van der Waals surface area (Å²) in [6.07, 6.45) is 4.85. The molecule has 1 saturated carbocycles. The highest BCUT2D eigenvalue weighted by Gasteiger charge is 2.31. The molecule has 1 heterocycles. The maximum absolute atomic E-state index is 12.8. The van der Waals surface area contributed by atoms with Crippen molar-refractivity contribution in [1.29, 1.82) is 0 Å². The first-order chi connectivity index (χ1) is 14.6. The lowest BCUT2D eigenvalue weighted by atomic mass is 9.81. The van der Waals surface area contributed by atoms with Crippen LogP contribution in [0.2, 0.25) is 0 Å². The quantitative estimate of drug-likeness (QED) is 0.669. The third-order valence-corrected chi connectivity index (χ3v) is 8.12. The number of benzene rings is 1. The molecule has 0 spiro atoms. The van der Waals surface area contributed by atoms with Gasteiger partial charge in [0.2, 0.25) is 21.8 Å². The van der Waals surface area contributed by atoms with Gasteiger partial charge < -0.3 is 10.2 Å². The molecule has 172 valence electrons. The van der Waals surface area contributed by atoms with Crippen LogP contribution in [0, 0.1) is 11.8 Å². The zero-order valence-corrected chi connectivity index (χ0v) is 19.8. The number of nitrogens with zero attached hydrogens (tertiary/aromatic N) is 1. The van der Waals surface area contributed by atoms with Gasteiger partial charge in [-0.25, -0.2) is 13.1 Å². The summed E-state index contributed by atoms with van der Waals surface area (Å²) >= 11 is 0. The van der Waals surface area contributed by atoms with Crippen LogP contribution in [-0.2, 0) is 26.0 Å². The number of carbonyl (C=O) groups excluding carboxylic acids is 2. The van der Waals surface area contributed by atoms with Crippen molar-refractivity contribution in [2.45, 2.75) is 83.2 Å². The predicted molar refractivity (Wildman–Crippen MR) is 121 cm³/mol. The van der Waals surface area contributed by atoms with E-state index in [-0.39, 0.29) is 40.6 Å². The second kappa shape index (κ2) is 9.69. The summed E-state index contributed by atoms with van der Waals surface area (Å²) in [5.41, 5.74) is 1.69. The first-order valence-electron chi connectivity index (χ1n) is 11.3. The maximum atomic E-state index is 12.8. The highest BCUT2D eigenvalue weighted by Crippen LogP contribution is 2.34. The Balaban J connectivity index is 1.55. The van der Waals surface area contributed by atoms with Crippen LogP contribution in [0.5, 0.6) is 0 Å². The number of carbonyl (C=O) groups is 2. The second-order valence-electron chi connectivity index (χ2n) is 9.12. The molecule has 3 rings (SSSR count). The molecule has 8 heteroatoms. The highest BCUT2D eigenvalue weighted by molar-refractivity contribution is 7.89. The SMILES string of the molecule is CC[C@H](C)NC(=O)C1CCC(CNS(=O)(=O)c2ccc3c(c2)C[C@@H](C)N3C(C)=O)CC1. The van der Waals surface area contributed by atoms with Crippen molar-refractivity contribution < 1.29 is 18.0 Å². The molecule has 1 fully saturated rings. The van der Waals surface area contributed by atoms with Gasteiger partial charge in [-0.05, 0) is 82.1 Å². The van der Waals surface area contributed by atoms with Crippen molar-refractivity contribution in [3.8, 4) is 0 Å². The zero-order chi connectivity index (χ0) is 22.8. The van der Waals surface area contributed by atoms with E-state index in [1.807, 2.05) is 13.8 Å². The molecule has 31 heavy (non-hydrogen) atoms. The van der Waals surface area contributed by atoms with Crippen LogP contribution in [-0.4, -0.2) is 38.9 Å². The Hall–Kier alpha value is -1.93. The molecule has 2 aliphatic rings. The Morgan fingerprint density at radius 2 is 1.87 bits per heavy atom. The van der Waals surface area contributed by atoms with Crippen molar-refractivity contribution in [1.82, 2.24) is 10.0 Å². The number of sulfonamides is 1. The fourth-order valence-electron chi connectivity index (χ4n) is 4.66. The lowest BCUT2D eigenvalue weighted by Crippen LogP contribution is -2.39. The van der Waals surface area contributed by atoms with Gasteiger partial charge in [0.1, 0.15) is 0 Å². The van der Waals surface area contributed by atoms with Gasteiger partial charge in [-0.3, -0.25) is 9.59 Å². The summed E-state index contributed by atoms with van der Waals surface area (Å²) in [5.74, 6) is 0.364. The van der Waals surface area contributed by atoms with E-state index >= 15 is 0 Å². The van der Waals surface area contributed by atoms with E-state index in [2.05, 4.69) is 17.0 Å². The summed E-state index contributed by atoms with van der Waals surface area (Å²) in [5, 5.41) is 3.05. The number of nitrogens with one attached hydrogen (secondary N) is 2. The Kier molecular flexibility index (Phi) is 7.42. The summed E-state index contributed by atoms with van der Waals surface area (Å²) in [6.45, 7) is 7.94. The Bertz CT molecular complexity index is 923. The van der Waals surface area contributed by atoms with Crippen LogP contribution in [0.25, 0.3) is 0 Å². The molecular formula is C23H35N3O4S. The van der Waals surface area contributed by atoms with Crippen molar-refractivity contribution in [3.63, 3.8) is 0 Å². The summed E-state index contributed by atoms with van der Waals surface area (Å²) < 4.78 is 28.4. The normalized spacial score (nSPS) is 24.5. The van der Waals surface area contributed by atoms with Crippen molar-refractivity contribution in [2.75, 3.05) is 11.4 Å². The van der Waals surface area contributed by atoms with Gasteiger partial charge in [-0.15, -0.1) is 0 Å². The summed E-state index contributed by atoms with van der Waals surface area (Å²) in [7, 11) is -3.62. The minimum Gasteiger partial charge on any atom is -0.353 e. The average molecular weight is 450 g/mol. The maximum Gasteiger partial charge on any atom is 0.240 e. The molecule has 0 aromatic heterocycles. The molecule has 0 radical (unpaired) electrons. The number of rotatable bonds is 7. The summed E-state index contributed by atoms with van der Waals surface area (Å²) in [6, 6.07) is 5.22. The highest BCUT2D eigenvalue weighted by atomic mass is 32.2. The van der Waals surface area contributed by atoms with Gasteiger partial charge in [0.25, 0.3) is 0 Å². The van der Waals surface area contributed by atoms with Crippen molar-refractivity contribution in [2.24, 2.45) is 11.8 Å². The first kappa shape index (κ1) is 23.7. The lowest BCUT2D eigenvalue weighted by Gasteiger charge is -2.28. The smallest absolute Gasteiger partial charge is 0.240 e. The molecular weight excluding hydrogens is 414 g/mol. The van der Waals surface area contributed by atoms with Crippen LogP contribution < -0.4 is 14.9 Å². The van der Waals surface area contributed by atoms with Crippen LogP contribution in [0.15, 0.2) is 23.1 Å². The number of hydrogen-bond donors (Lipinski definition) is 2. The minimum atomic E-state index is -3.62. The topological polar surface area (TPSA) is 95.6 Å². The van der Waals surface area contributed by atoms with E-state index in [9.17, 15) is 18.0 Å². The van der Waals surface area contributed by atoms with E-state index in [4.69, 9.17) is 0 Å². The molecule has 1 aliphatic carbocycles. The van der Waals surface area contributed by atoms with E-state index in [1.165, 1.54) is 6.92 Å². The molecule has 1 aliphatic heterocycles. The van der Waals surface area contributed by atoms with E-state index < -0.39 is 10.0 Å². The number of anilines is 1. The third kappa shape index (κ3) is 5.47. The van der Waals surface area contributed by atoms with Crippen LogP contribution in [0.4, 0.5) is 5.69 Å². The zero-order valence-electron chi connectivity index (χ0n) is 19.0. The molecule has 1 aromatic rings. The second-order valence-corrected chi connectivity index (χ2v) is 10.9. The van der Waals surface area contributed by atoms with Gasteiger partial charge in [-0.1, -0.05) is 6.92 Å². The number of amides is 2. The van der Waals surface area contributed by atoms with Crippen LogP contribution >= 0.6 is 0 Å². The predicted octanol–water partition coefficient (Wildman–Crippen LogP) is 2.98. The van der Waals surface area contributed by atoms with E-state index in [0.717, 1.165) is 43.4 Å². The molecule has 0 bridgehead atoms. The first-order valence-corrected chi connectivity index (χ1v) is 12.8. The fourth-order valence-corrected chi connectivity index (χ4v) is 5.82. The summed E-state index contributed by atoms with van der Waals surface area (Å²) in [4.78, 5) is 26.2. The molecule has 7 nitrogen and oxygen atoms in total. The van der Waals surface area contributed by atoms with Gasteiger partial charge in [-0.2, -0.15) is 0 Å². The van der Waals surface area contributed by atoms with Crippen molar-refractivity contribution >= 4 is 27.5 Å². The third-order valence-electron chi connectivity index (χ3n) is 6.70. The fraction of sp³-hybridized carbons (Fsp3) is 0.652.